The summed E-state index contributed by atoms with van der Waals surface area (Å²) in [5, 5.41) is 28.2. The van der Waals surface area contributed by atoms with Gasteiger partial charge < -0.3 is 25.7 Å². The van der Waals surface area contributed by atoms with Crippen molar-refractivity contribution >= 4 is 33.7 Å². The lowest BCUT2D eigenvalue weighted by Gasteiger charge is -2.14. The topological polar surface area (TPSA) is 166 Å². The number of anilines is 1. The van der Waals surface area contributed by atoms with E-state index in [2.05, 4.69) is 27.0 Å². The number of ether oxygens (including phenoxy) is 1. The van der Waals surface area contributed by atoms with E-state index in [-0.39, 0.29) is 17.7 Å². The number of hydrogen-bond donors (Lipinski definition) is 4. The molecule has 0 unspecified atom stereocenters. The maximum Gasteiger partial charge on any atom is 0.342 e. The van der Waals surface area contributed by atoms with Crippen LogP contribution in [-0.4, -0.2) is 27.1 Å². The highest BCUT2D eigenvalue weighted by atomic mass is 79.9. The molecule has 0 saturated heterocycles. The number of nitrogens with one attached hydrogen (secondary N) is 1. The molecule has 156 valence electrons. The first-order valence-corrected chi connectivity index (χ1v) is 9.47. The fourth-order valence-electron chi connectivity index (χ4n) is 3.02. The minimum atomic E-state index is -1.59. The summed E-state index contributed by atoms with van der Waals surface area (Å²) in [5.41, 5.74) is 4.32. The van der Waals surface area contributed by atoms with E-state index >= 15 is 0 Å². The number of hydrogen-bond acceptors (Lipinski definition) is 6. The van der Waals surface area contributed by atoms with Crippen LogP contribution in [0.25, 0.3) is 11.1 Å². The van der Waals surface area contributed by atoms with Gasteiger partial charge in [-0.1, -0.05) is 24.3 Å². The van der Waals surface area contributed by atoms with E-state index in [0.29, 0.717) is 21.3 Å². The number of nitrogens with two attached hydrogens (primary N) is 1. The molecule has 0 amide bonds. The number of aromatic amines is 1. The van der Waals surface area contributed by atoms with Crippen molar-refractivity contribution in [3.8, 4) is 22.9 Å². The number of H-pyrrole nitrogens is 1. The minimum Gasteiger partial charge on any atom is -0.488 e. The molecule has 0 bridgehead atoms. The largest absolute Gasteiger partial charge is 0.488 e. The molecule has 0 radical (unpaired) electrons. The Kier molecular flexibility index (Phi) is 6.08. The number of nitrogens with zero attached hydrogens (tertiary/aromatic N) is 1. The van der Waals surface area contributed by atoms with Gasteiger partial charge in [0.05, 0.1) is 16.1 Å². The summed E-state index contributed by atoms with van der Waals surface area (Å²) in [7, 11) is 0. The predicted molar refractivity (Wildman–Crippen MR) is 114 cm³/mol. The van der Waals surface area contributed by atoms with E-state index in [1.807, 2.05) is 0 Å². The van der Waals surface area contributed by atoms with Crippen molar-refractivity contribution < 1.29 is 24.5 Å². The van der Waals surface area contributed by atoms with Crippen LogP contribution in [0.1, 0.15) is 31.8 Å². The molecule has 1 heterocycles. The van der Waals surface area contributed by atoms with Gasteiger partial charge in [0.2, 0.25) is 0 Å². The van der Waals surface area contributed by atoms with E-state index in [1.165, 1.54) is 18.2 Å². The Morgan fingerprint density at radius 1 is 1.13 bits per heavy atom. The molecule has 9 nitrogen and oxygen atoms in total. The summed E-state index contributed by atoms with van der Waals surface area (Å²) in [4.78, 5) is 37.6. The van der Waals surface area contributed by atoms with Crippen LogP contribution in [-0.2, 0) is 6.61 Å². The second-order valence-electron chi connectivity index (χ2n) is 6.31. The average Bonchev–Trinajstić information content (AvgIpc) is 2.71. The zero-order valence-corrected chi connectivity index (χ0v) is 17.3. The predicted octanol–water partition coefficient (Wildman–Crippen LogP) is 3.23. The lowest BCUT2D eigenvalue weighted by Crippen LogP contribution is -2.24. The molecule has 0 spiro atoms. The van der Waals surface area contributed by atoms with Gasteiger partial charge in [-0.15, -0.1) is 0 Å². The van der Waals surface area contributed by atoms with Gasteiger partial charge in [-0.3, -0.25) is 4.79 Å². The molecule has 5 N–H and O–H groups in total. The van der Waals surface area contributed by atoms with E-state index < -0.39 is 34.4 Å². The van der Waals surface area contributed by atoms with E-state index in [0.717, 1.165) is 0 Å². The summed E-state index contributed by atoms with van der Waals surface area (Å²) in [5.74, 6) is -3.18. The first-order valence-electron chi connectivity index (χ1n) is 8.67. The smallest absolute Gasteiger partial charge is 0.342 e. The molecular weight excluding hydrogens is 470 g/mol. The van der Waals surface area contributed by atoms with Gasteiger partial charge in [0.15, 0.2) is 0 Å². The maximum absolute atomic E-state index is 12.2. The third-order valence-electron chi connectivity index (χ3n) is 4.41. The molecule has 0 saturated carbocycles. The third-order valence-corrected chi connectivity index (χ3v) is 5.03. The van der Waals surface area contributed by atoms with Gasteiger partial charge in [-0.05, 0) is 39.7 Å². The fraction of sp³-hybridized carbons (Fsp3) is 0.0476. The van der Waals surface area contributed by atoms with Crippen LogP contribution in [0.3, 0.4) is 0 Å². The number of nitrogen functional groups attached to an aromatic ring is 1. The van der Waals surface area contributed by atoms with Crippen LogP contribution >= 0.6 is 15.9 Å². The highest BCUT2D eigenvalue weighted by Crippen LogP contribution is 2.35. The highest BCUT2D eigenvalue weighted by molar-refractivity contribution is 9.10. The van der Waals surface area contributed by atoms with Crippen LogP contribution in [0, 0.1) is 11.3 Å². The van der Waals surface area contributed by atoms with Gasteiger partial charge in [0.25, 0.3) is 5.56 Å². The number of aromatic carboxylic acids is 2. The van der Waals surface area contributed by atoms with Crippen LogP contribution in [0.4, 0.5) is 5.82 Å². The molecule has 1 aromatic heterocycles. The molecule has 3 aromatic rings. The zero-order chi connectivity index (χ0) is 22.7. The van der Waals surface area contributed by atoms with E-state index in [4.69, 9.17) is 10.5 Å². The van der Waals surface area contributed by atoms with Crippen molar-refractivity contribution in [1.82, 2.24) is 4.98 Å². The zero-order valence-electron chi connectivity index (χ0n) is 15.7. The number of nitriles is 1. The van der Waals surface area contributed by atoms with Crippen molar-refractivity contribution in [2.45, 2.75) is 6.61 Å². The number of rotatable bonds is 6. The van der Waals surface area contributed by atoms with Gasteiger partial charge in [0, 0.05) is 11.1 Å². The van der Waals surface area contributed by atoms with Crippen LogP contribution in [0.5, 0.6) is 5.75 Å². The lowest BCUT2D eigenvalue weighted by molar-refractivity contribution is 0.0695. The SMILES string of the molecule is N#Cc1ccccc1COc1ccc(-c2c(C(=O)O)c(N)[nH]c(=O)c2C(=O)O)cc1Br. The van der Waals surface area contributed by atoms with E-state index in [9.17, 15) is 29.9 Å². The number of benzene rings is 2. The highest BCUT2D eigenvalue weighted by Gasteiger charge is 2.27. The van der Waals surface area contributed by atoms with Crippen molar-refractivity contribution in [1.29, 1.82) is 5.26 Å². The molecule has 0 atom stereocenters. The normalized spacial score (nSPS) is 10.3. The Morgan fingerprint density at radius 2 is 1.81 bits per heavy atom. The van der Waals surface area contributed by atoms with Crippen molar-refractivity contribution in [2.75, 3.05) is 5.73 Å². The Morgan fingerprint density at radius 3 is 2.42 bits per heavy atom. The minimum absolute atomic E-state index is 0.0976. The molecule has 0 aliphatic carbocycles. The summed E-state index contributed by atoms with van der Waals surface area (Å²) < 4.78 is 6.12. The summed E-state index contributed by atoms with van der Waals surface area (Å²) in [6, 6.07) is 13.3. The van der Waals surface area contributed by atoms with Gasteiger partial charge in [-0.25, -0.2) is 9.59 Å². The Hall–Kier alpha value is -4.10. The quantitative estimate of drug-likeness (QED) is 0.414. The summed E-state index contributed by atoms with van der Waals surface area (Å²) >= 11 is 3.31. The van der Waals surface area contributed by atoms with Crippen molar-refractivity contribution in [2.24, 2.45) is 0 Å². The Labute approximate surface area is 183 Å². The van der Waals surface area contributed by atoms with Crippen LogP contribution in [0.2, 0.25) is 0 Å². The molecule has 0 fully saturated rings. The van der Waals surface area contributed by atoms with E-state index in [1.54, 1.807) is 24.3 Å². The molecule has 0 aliphatic rings. The van der Waals surface area contributed by atoms with Gasteiger partial charge >= 0.3 is 11.9 Å². The Bertz CT molecular complexity index is 1310. The number of carbonyl (C=O) groups is 2. The number of carboxylic acid groups (broad SMARTS) is 2. The summed E-state index contributed by atoms with van der Waals surface area (Å²) in [6.45, 7) is 0.0976. The van der Waals surface area contributed by atoms with Crippen molar-refractivity contribution in [3.05, 3.63) is 79.5 Å². The molecule has 3 rings (SSSR count). The monoisotopic (exact) mass is 483 g/mol. The number of pyridine rings is 1. The average molecular weight is 484 g/mol. The van der Waals surface area contributed by atoms with Crippen molar-refractivity contribution in [3.63, 3.8) is 0 Å². The standard InChI is InChI=1S/C21H14BrN3O6/c22-13-7-10(5-6-14(13)31-9-12-4-2-1-3-11(12)8-23)15-16(20(27)28)18(24)25-19(26)17(15)21(29)30/h1-7H,9H2,(H,27,28)(H,29,30)(H3,24,25,26). The van der Waals surface area contributed by atoms with Gasteiger partial charge in [0.1, 0.15) is 29.3 Å². The summed E-state index contributed by atoms with van der Waals surface area (Å²) in [6.07, 6.45) is 0. The molecular formula is C21H14BrN3O6. The Balaban J connectivity index is 2.06. The molecule has 0 aliphatic heterocycles. The first-order chi connectivity index (χ1) is 14.7. The number of aromatic nitrogens is 1. The van der Waals surface area contributed by atoms with Gasteiger partial charge in [-0.2, -0.15) is 5.26 Å². The second-order valence-corrected chi connectivity index (χ2v) is 7.16. The lowest BCUT2D eigenvalue weighted by atomic mass is 9.95. The third kappa shape index (κ3) is 4.26. The second kappa shape index (κ2) is 8.73. The molecule has 10 heteroatoms. The number of carboxylic acids is 2. The van der Waals surface area contributed by atoms with Crippen LogP contribution in [0.15, 0.2) is 51.7 Å². The maximum atomic E-state index is 12.2. The first kappa shape index (κ1) is 21.6. The fourth-order valence-corrected chi connectivity index (χ4v) is 3.51. The molecule has 31 heavy (non-hydrogen) atoms. The number of halogens is 1. The van der Waals surface area contributed by atoms with Crippen LogP contribution < -0.4 is 16.0 Å². The molecule has 2 aromatic carbocycles.